The van der Waals surface area contributed by atoms with Crippen molar-refractivity contribution in [2.24, 2.45) is 0 Å². The maximum Gasteiger partial charge on any atom is 0.145 e. The largest absolute Gasteiger partial charge is 0.309 e. The van der Waals surface area contributed by atoms with Crippen LogP contribution in [0, 0.1) is 0 Å². The Morgan fingerprint density at radius 1 is 0.311 bits per heavy atom. The molecule has 10 rings (SSSR count). The molecule has 10 aromatic rings. The van der Waals surface area contributed by atoms with Crippen molar-refractivity contribution in [1.29, 1.82) is 0 Å². The van der Waals surface area contributed by atoms with E-state index in [0.717, 1.165) is 33.6 Å². The summed E-state index contributed by atoms with van der Waals surface area (Å²) in [6.07, 6.45) is 1.88. The topological polar surface area (TPSA) is 27.7 Å². The summed E-state index contributed by atoms with van der Waals surface area (Å²) in [5.41, 5.74) is 10.3. The quantitative estimate of drug-likeness (QED) is 0.206. The molecule has 0 radical (unpaired) electrons. The van der Waals surface area contributed by atoms with Gasteiger partial charge < -0.3 is 9.13 Å². The van der Waals surface area contributed by atoms with Crippen molar-refractivity contribution >= 4 is 65.5 Å². The van der Waals surface area contributed by atoms with E-state index in [1.54, 1.807) is 0 Å². The molecule has 0 bridgehead atoms. The van der Waals surface area contributed by atoms with Gasteiger partial charge in [0.2, 0.25) is 0 Å². The van der Waals surface area contributed by atoms with Crippen LogP contribution in [0.2, 0.25) is 0 Å². The van der Waals surface area contributed by atoms with Crippen LogP contribution in [-0.2, 0) is 0 Å². The second-order valence-corrected chi connectivity index (χ2v) is 11.7. The molecule has 0 aliphatic rings. The summed E-state index contributed by atoms with van der Waals surface area (Å²) < 4.78 is 7.06. The summed E-state index contributed by atoms with van der Waals surface area (Å²) >= 11 is 0. The Morgan fingerprint density at radius 2 is 0.756 bits per heavy atom. The predicted octanol–water partition coefficient (Wildman–Crippen LogP) is 10.4. The molecule has 45 heavy (non-hydrogen) atoms. The molecular weight excluding hydrogens is 548 g/mol. The van der Waals surface area contributed by atoms with Crippen LogP contribution in [0.5, 0.6) is 0 Å². The number of fused-ring (bicyclic) bond motifs is 9. The number of hydrogen-bond acceptors (Lipinski definition) is 1. The summed E-state index contributed by atoms with van der Waals surface area (Å²) in [6, 6.07) is 54.6. The fraction of sp³-hybridized carbons (Fsp3) is 0. The zero-order valence-electron chi connectivity index (χ0n) is 24.3. The fourth-order valence-electron chi connectivity index (χ4n) is 7.39. The van der Waals surface area contributed by atoms with Crippen LogP contribution in [0.4, 0.5) is 0 Å². The molecular formula is C41H26N4. The van der Waals surface area contributed by atoms with Crippen molar-refractivity contribution < 1.29 is 0 Å². The van der Waals surface area contributed by atoms with Gasteiger partial charge in [-0.25, -0.2) is 4.98 Å². The van der Waals surface area contributed by atoms with E-state index in [2.05, 4.69) is 159 Å². The summed E-state index contributed by atoms with van der Waals surface area (Å²) in [5, 5.41) is 7.35. The third-order valence-corrected chi connectivity index (χ3v) is 9.28. The van der Waals surface area contributed by atoms with Crippen molar-refractivity contribution in [3.05, 3.63) is 158 Å². The molecule has 0 aliphatic heterocycles. The number of aromatic nitrogens is 4. The van der Waals surface area contributed by atoms with Gasteiger partial charge >= 0.3 is 0 Å². The van der Waals surface area contributed by atoms with Crippen LogP contribution in [0.25, 0.3) is 82.6 Å². The highest BCUT2D eigenvalue weighted by atomic mass is 15.0. The minimum Gasteiger partial charge on any atom is -0.309 e. The van der Waals surface area contributed by atoms with E-state index in [1.807, 2.05) is 12.3 Å². The molecule has 0 unspecified atom stereocenters. The van der Waals surface area contributed by atoms with Gasteiger partial charge in [-0.3, -0.25) is 4.57 Å². The third kappa shape index (κ3) is 3.39. The average molecular weight is 575 g/mol. The lowest BCUT2D eigenvalue weighted by Gasteiger charge is -2.11. The lowest BCUT2D eigenvalue weighted by atomic mass is 10.1. The van der Waals surface area contributed by atoms with E-state index in [-0.39, 0.29) is 0 Å². The monoisotopic (exact) mass is 574 g/mol. The van der Waals surface area contributed by atoms with Gasteiger partial charge in [-0.2, -0.15) is 0 Å². The number of benzene rings is 6. The molecule has 0 spiro atoms. The van der Waals surface area contributed by atoms with Crippen LogP contribution in [0.3, 0.4) is 0 Å². The number of para-hydroxylation sites is 4. The van der Waals surface area contributed by atoms with Gasteiger partial charge in [0.05, 0.1) is 27.6 Å². The Morgan fingerprint density at radius 3 is 1.36 bits per heavy atom. The van der Waals surface area contributed by atoms with Gasteiger partial charge in [0.1, 0.15) is 5.65 Å². The van der Waals surface area contributed by atoms with Gasteiger partial charge in [-0.1, -0.05) is 72.8 Å². The number of hydrogen-bond donors (Lipinski definition) is 0. The Labute approximate surface area is 258 Å². The Hall–Kier alpha value is -6.13. The van der Waals surface area contributed by atoms with Gasteiger partial charge in [0.15, 0.2) is 0 Å². The maximum atomic E-state index is 4.82. The van der Waals surface area contributed by atoms with Gasteiger partial charge in [0.25, 0.3) is 0 Å². The van der Waals surface area contributed by atoms with E-state index < -0.39 is 0 Å². The molecule has 210 valence electrons. The second-order valence-electron chi connectivity index (χ2n) is 11.7. The smallest absolute Gasteiger partial charge is 0.145 e. The van der Waals surface area contributed by atoms with Crippen molar-refractivity contribution in [2.75, 3.05) is 0 Å². The van der Waals surface area contributed by atoms with Gasteiger partial charge in [0, 0.05) is 55.6 Å². The molecule has 0 atom stereocenters. The minimum absolute atomic E-state index is 0.967. The second kappa shape index (κ2) is 9.18. The van der Waals surface area contributed by atoms with E-state index in [0.29, 0.717) is 0 Å². The van der Waals surface area contributed by atoms with E-state index in [1.165, 1.54) is 49.0 Å². The average Bonchev–Trinajstić information content (AvgIpc) is 3.74. The number of rotatable bonds is 3. The Balaban J connectivity index is 1.24. The highest BCUT2D eigenvalue weighted by Crippen LogP contribution is 2.38. The van der Waals surface area contributed by atoms with Gasteiger partial charge in [-0.15, -0.1) is 0 Å². The number of pyridine rings is 1. The molecule has 4 heterocycles. The first-order valence-corrected chi connectivity index (χ1v) is 15.3. The molecule has 0 fully saturated rings. The highest BCUT2D eigenvalue weighted by molar-refractivity contribution is 6.13. The first-order chi connectivity index (χ1) is 22.3. The van der Waals surface area contributed by atoms with Crippen LogP contribution >= 0.6 is 0 Å². The first-order valence-electron chi connectivity index (χ1n) is 15.3. The molecule has 0 saturated heterocycles. The normalized spacial score (nSPS) is 12.0. The van der Waals surface area contributed by atoms with Crippen molar-refractivity contribution in [2.45, 2.75) is 0 Å². The van der Waals surface area contributed by atoms with Crippen molar-refractivity contribution in [3.8, 4) is 17.1 Å². The number of nitrogens with zero attached hydrogens (tertiary/aromatic N) is 4. The van der Waals surface area contributed by atoms with E-state index >= 15 is 0 Å². The maximum absolute atomic E-state index is 4.82. The predicted molar refractivity (Wildman–Crippen MR) is 187 cm³/mol. The summed E-state index contributed by atoms with van der Waals surface area (Å²) in [5.74, 6) is 0. The van der Waals surface area contributed by atoms with Crippen molar-refractivity contribution in [3.63, 3.8) is 0 Å². The molecule has 4 aromatic heterocycles. The molecule has 4 heteroatoms. The van der Waals surface area contributed by atoms with Gasteiger partial charge in [-0.05, 0) is 78.9 Å². The Kier molecular flexibility index (Phi) is 4.96. The minimum atomic E-state index is 0.967. The molecule has 0 aliphatic carbocycles. The zero-order valence-corrected chi connectivity index (χ0v) is 24.3. The van der Waals surface area contributed by atoms with Crippen LogP contribution in [0.1, 0.15) is 0 Å². The Bertz CT molecular complexity index is 2710. The van der Waals surface area contributed by atoms with Crippen LogP contribution in [0.15, 0.2) is 158 Å². The lowest BCUT2D eigenvalue weighted by molar-refractivity contribution is 1.13. The standard InChI is InChI=1S/C41H26N4/c1-2-11-27(12-3-1)45-40-23-21-29(26-35(40)33-16-10-24-42-41(33)45)44-38-19-9-6-15-32(38)34-25-28(20-22-39(34)44)43-36-17-7-4-13-30(36)31-14-5-8-18-37(31)43/h1-26H. The van der Waals surface area contributed by atoms with Crippen molar-refractivity contribution in [1.82, 2.24) is 18.7 Å². The summed E-state index contributed by atoms with van der Waals surface area (Å²) in [6.45, 7) is 0. The van der Waals surface area contributed by atoms with E-state index in [4.69, 9.17) is 4.98 Å². The SMILES string of the molecule is c1ccc(-n2c3ccc(-n4c5ccccc5c5cc(-n6c7ccccc7c7ccccc76)ccc54)cc3c3cccnc32)cc1. The molecule has 6 aromatic carbocycles. The zero-order chi connectivity index (χ0) is 29.5. The molecule has 0 saturated carbocycles. The summed E-state index contributed by atoms with van der Waals surface area (Å²) in [4.78, 5) is 4.82. The molecule has 0 amide bonds. The highest BCUT2D eigenvalue weighted by Gasteiger charge is 2.18. The molecule has 0 N–H and O–H groups in total. The van der Waals surface area contributed by atoms with E-state index in [9.17, 15) is 0 Å². The summed E-state index contributed by atoms with van der Waals surface area (Å²) in [7, 11) is 0. The third-order valence-electron chi connectivity index (χ3n) is 9.28. The lowest BCUT2D eigenvalue weighted by Crippen LogP contribution is -1.97. The first kappa shape index (κ1) is 24.3. The fourth-order valence-corrected chi connectivity index (χ4v) is 7.39. The molecule has 4 nitrogen and oxygen atoms in total. The van der Waals surface area contributed by atoms with Crippen LogP contribution < -0.4 is 0 Å². The van der Waals surface area contributed by atoms with Crippen LogP contribution in [-0.4, -0.2) is 18.7 Å².